The van der Waals surface area contributed by atoms with Gasteiger partial charge in [0.25, 0.3) is 10.9 Å². The Balaban J connectivity index is 3.25. The quantitative estimate of drug-likeness (QED) is 0.210. The van der Waals surface area contributed by atoms with E-state index in [-0.39, 0.29) is 10.6 Å². The van der Waals surface area contributed by atoms with Crippen LogP contribution < -0.4 is 5.84 Å². The Labute approximate surface area is 102 Å². The van der Waals surface area contributed by atoms with E-state index >= 15 is 0 Å². The van der Waals surface area contributed by atoms with Gasteiger partial charge in [-0.25, -0.2) is 8.42 Å². The number of sulfone groups is 1. The second-order valence-electron chi connectivity index (χ2n) is 2.98. The van der Waals surface area contributed by atoms with Gasteiger partial charge < -0.3 is 5.84 Å². The normalized spacial score (nSPS) is 12.8. The van der Waals surface area contributed by atoms with Crippen LogP contribution in [0.1, 0.15) is 0 Å². The zero-order valence-corrected chi connectivity index (χ0v) is 10.0. The Bertz CT molecular complexity index is 605. The maximum atomic E-state index is 11.9. The summed E-state index contributed by atoms with van der Waals surface area (Å²) in [5, 5.41) is 15.9. The highest BCUT2D eigenvalue weighted by molar-refractivity contribution is 8.06. The minimum absolute atomic E-state index is 0.180. The van der Waals surface area contributed by atoms with Crippen LogP contribution in [-0.4, -0.2) is 25.6 Å². The summed E-state index contributed by atoms with van der Waals surface area (Å²) in [5.41, 5.74) is -0.218. The van der Waals surface area contributed by atoms with Crippen molar-refractivity contribution in [3.63, 3.8) is 0 Å². The van der Waals surface area contributed by atoms with E-state index in [0.717, 1.165) is 24.3 Å². The monoisotopic (exact) mass is 271 g/mol. The van der Waals surface area contributed by atoms with Gasteiger partial charge in [0, 0.05) is 19.2 Å². The molecule has 0 unspecified atom stereocenters. The zero-order valence-electron chi connectivity index (χ0n) is 9.22. The number of hydrogen-bond donors (Lipinski definition) is 1. The number of nitrogens with zero attached hydrogens (tertiary/aromatic N) is 4. The molecule has 96 valence electrons. The van der Waals surface area contributed by atoms with Crippen molar-refractivity contribution in [2.75, 3.05) is 7.05 Å². The molecule has 0 radical (unpaired) electrons. The van der Waals surface area contributed by atoms with Crippen LogP contribution in [-0.2, 0) is 9.84 Å². The Morgan fingerprint density at radius 1 is 1.33 bits per heavy atom. The molecule has 18 heavy (non-hydrogen) atoms. The molecular weight excluding hydrogens is 262 g/mol. The Hall–Kier alpha value is -2.36. The lowest BCUT2D eigenvalue weighted by atomic mass is 10.3. The Kier molecular flexibility index (Phi) is 4.05. The number of rotatable bonds is 2. The summed E-state index contributed by atoms with van der Waals surface area (Å²) in [5.74, 6) is 4.77. The molecular formula is C8H9N5O4S. The molecule has 0 aliphatic heterocycles. The van der Waals surface area contributed by atoms with Crippen molar-refractivity contribution in [1.82, 2.24) is 0 Å². The molecule has 0 aliphatic rings. The van der Waals surface area contributed by atoms with Crippen LogP contribution in [0.5, 0.6) is 0 Å². The minimum atomic E-state index is -3.97. The fourth-order valence-electron chi connectivity index (χ4n) is 1.12. The van der Waals surface area contributed by atoms with Gasteiger partial charge in [-0.1, -0.05) is 10.3 Å². The average Bonchev–Trinajstić information content (AvgIpc) is 2.35. The van der Waals surface area contributed by atoms with Crippen molar-refractivity contribution < 1.29 is 13.3 Å². The zero-order chi connectivity index (χ0) is 13.8. The molecule has 0 heterocycles. The molecule has 1 aromatic carbocycles. The van der Waals surface area contributed by atoms with Crippen molar-refractivity contribution in [2.45, 2.75) is 4.90 Å². The summed E-state index contributed by atoms with van der Waals surface area (Å²) < 4.78 is 23.8. The van der Waals surface area contributed by atoms with Crippen LogP contribution in [0.3, 0.4) is 0 Å². The molecule has 9 nitrogen and oxygen atoms in total. The van der Waals surface area contributed by atoms with E-state index in [9.17, 15) is 18.5 Å². The first-order valence-electron chi connectivity index (χ1n) is 4.50. The lowest BCUT2D eigenvalue weighted by Gasteiger charge is -2.01. The molecule has 0 saturated heterocycles. The third-order valence-corrected chi connectivity index (χ3v) is 3.57. The smallest absolute Gasteiger partial charge is 0.269 e. The topological polar surface area (TPSA) is 140 Å². The first-order valence-corrected chi connectivity index (χ1v) is 5.99. The maximum absolute atomic E-state index is 11.9. The van der Waals surface area contributed by atoms with Gasteiger partial charge in [-0.2, -0.15) is 0 Å². The molecule has 0 amide bonds. The highest BCUT2D eigenvalue weighted by Gasteiger charge is 2.23. The number of non-ortho nitro benzene ring substituents is 1. The van der Waals surface area contributed by atoms with Gasteiger partial charge in [0.2, 0.25) is 9.84 Å². The number of nitro groups is 1. The minimum Gasteiger partial charge on any atom is -0.304 e. The van der Waals surface area contributed by atoms with Crippen molar-refractivity contribution in [3.8, 4) is 0 Å². The summed E-state index contributed by atoms with van der Waals surface area (Å²) in [6.07, 6.45) is 0. The van der Waals surface area contributed by atoms with Crippen LogP contribution in [0.2, 0.25) is 0 Å². The molecule has 1 rings (SSSR count). The van der Waals surface area contributed by atoms with Crippen molar-refractivity contribution in [1.29, 1.82) is 0 Å². The fraction of sp³-hybridized carbons (Fsp3) is 0.125. The van der Waals surface area contributed by atoms with Crippen LogP contribution >= 0.6 is 0 Å². The van der Waals surface area contributed by atoms with Gasteiger partial charge >= 0.3 is 0 Å². The summed E-state index contributed by atoms with van der Waals surface area (Å²) in [6, 6.07) is 4.31. The van der Waals surface area contributed by atoms with Gasteiger partial charge in [-0.05, 0) is 12.1 Å². The molecule has 10 heteroatoms. The van der Waals surface area contributed by atoms with E-state index in [4.69, 9.17) is 5.84 Å². The molecule has 0 saturated carbocycles. The van der Waals surface area contributed by atoms with E-state index in [0.29, 0.717) is 0 Å². The Morgan fingerprint density at radius 3 is 2.28 bits per heavy atom. The fourth-order valence-corrected chi connectivity index (χ4v) is 2.22. The van der Waals surface area contributed by atoms with Gasteiger partial charge in [0.05, 0.1) is 9.82 Å². The number of benzene rings is 1. The van der Waals surface area contributed by atoms with Gasteiger partial charge in [0.1, 0.15) is 0 Å². The molecule has 0 bridgehead atoms. The molecule has 0 aromatic heterocycles. The maximum Gasteiger partial charge on any atom is 0.269 e. The summed E-state index contributed by atoms with van der Waals surface area (Å²) in [7, 11) is -2.75. The van der Waals surface area contributed by atoms with Crippen molar-refractivity contribution in [2.24, 2.45) is 21.2 Å². The first-order chi connectivity index (χ1) is 8.43. The molecule has 0 spiro atoms. The van der Waals surface area contributed by atoms with E-state index < -0.39 is 19.9 Å². The highest BCUT2D eigenvalue weighted by atomic mass is 32.2. The average molecular weight is 271 g/mol. The predicted octanol–water partition coefficient (Wildman–Crippen LogP) is 0.680. The number of amidine groups is 1. The van der Waals surface area contributed by atoms with Gasteiger partial charge in [-0.3, -0.25) is 15.1 Å². The Morgan fingerprint density at radius 2 is 1.89 bits per heavy atom. The lowest BCUT2D eigenvalue weighted by molar-refractivity contribution is -0.384. The van der Waals surface area contributed by atoms with Gasteiger partial charge in [0.15, 0.2) is 0 Å². The SMILES string of the molecule is CN=C(N=NN)S(=O)(=O)c1ccc([N+](=O)[O-])cc1. The third kappa shape index (κ3) is 2.66. The summed E-state index contributed by atoms with van der Waals surface area (Å²) >= 11 is 0. The second-order valence-corrected chi connectivity index (χ2v) is 4.82. The number of hydrogen-bond acceptors (Lipinski definition) is 6. The molecule has 0 fully saturated rings. The molecule has 2 N–H and O–H groups in total. The molecule has 0 aliphatic carbocycles. The highest BCUT2D eigenvalue weighted by Crippen LogP contribution is 2.18. The van der Waals surface area contributed by atoms with Crippen LogP contribution in [0.15, 0.2) is 44.5 Å². The lowest BCUT2D eigenvalue weighted by Crippen LogP contribution is -2.13. The number of nitrogens with two attached hydrogens (primary N) is 1. The first kappa shape index (κ1) is 13.7. The van der Waals surface area contributed by atoms with Crippen molar-refractivity contribution >= 4 is 20.7 Å². The van der Waals surface area contributed by atoms with E-state index in [1.807, 2.05) is 0 Å². The van der Waals surface area contributed by atoms with Crippen molar-refractivity contribution in [3.05, 3.63) is 34.4 Å². The predicted molar refractivity (Wildman–Crippen MR) is 62.7 cm³/mol. The number of nitro benzene ring substituents is 1. The van der Waals surface area contributed by atoms with Crippen LogP contribution in [0, 0.1) is 10.1 Å². The van der Waals surface area contributed by atoms with E-state index in [1.54, 1.807) is 0 Å². The second kappa shape index (κ2) is 5.31. The standard InChI is InChI=1S/C8H9N5O4S/c1-10-8(11-12-9)18(16,17)7-4-2-6(3-5-7)13(14)15/h2-5H,1H3,(H2,9,10,11). The van der Waals surface area contributed by atoms with Crippen LogP contribution in [0.4, 0.5) is 5.69 Å². The van der Waals surface area contributed by atoms with Crippen LogP contribution in [0.25, 0.3) is 0 Å². The van der Waals surface area contributed by atoms with Gasteiger partial charge in [-0.15, -0.1) is 0 Å². The number of aliphatic imine (C=N–C) groups is 1. The van der Waals surface area contributed by atoms with E-state index in [1.165, 1.54) is 7.05 Å². The largest absolute Gasteiger partial charge is 0.304 e. The van der Waals surface area contributed by atoms with E-state index in [2.05, 4.69) is 15.3 Å². The summed E-state index contributed by atoms with van der Waals surface area (Å²) in [6.45, 7) is 0. The summed E-state index contributed by atoms with van der Waals surface area (Å²) in [4.78, 5) is 13.1. The third-order valence-electron chi connectivity index (χ3n) is 1.93. The molecule has 0 atom stereocenters. The molecule has 1 aromatic rings.